The van der Waals surface area contributed by atoms with Gasteiger partial charge in [0.1, 0.15) is 12.4 Å². The average Bonchev–Trinajstić information content (AvgIpc) is 1.88. The summed E-state index contributed by atoms with van der Waals surface area (Å²) in [7, 11) is 0. The third kappa shape index (κ3) is 1.77. The van der Waals surface area contributed by atoms with Crippen LogP contribution in [0.2, 0.25) is 0 Å². The molecule has 1 saturated heterocycles. The van der Waals surface area contributed by atoms with Gasteiger partial charge in [-0.05, 0) is 19.3 Å². The Morgan fingerprint density at radius 1 is 1.56 bits per heavy atom. The van der Waals surface area contributed by atoms with Crippen LogP contribution in [0.25, 0.3) is 0 Å². The molecule has 0 aromatic heterocycles. The van der Waals surface area contributed by atoms with E-state index in [0.29, 0.717) is 6.42 Å². The third-order valence-corrected chi connectivity index (χ3v) is 1.42. The van der Waals surface area contributed by atoms with Gasteiger partial charge in [-0.3, -0.25) is 0 Å². The Morgan fingerprint density at radius 2 is 2.33 bits per heavy atom. The maximum Gasteiger partial charge on any atom is 0.155 e. The van der Waals surface area contributed by atoms with Gasteiger partial charge in [-0.1, -0.05) is 0 Å². The van der Waals surface area contributed by atoms with Crippen molar-refractivity contribution in [3.05, 3.63) is 0 Å². The van der Waals surface area contributed by atoms with E-state index in [-0.39, 0.29) is 6.10 Å². The van der Waals surface area contributed by atoms with Crippen LogP contribution >= 0.6 is 0 Å². The van der Waals surface area contributed by atoms with Crippen LogP contribution in [0.15, 0.2) is 0 Å². The van der Waals surface area contributed by atoms with Gasteiger partial charge in [0.15, 0.2) is 6.29 Å². The van der Waals surface area contributed by atoms with E-state index in [1.807, 2.05) is 0 Å². The number of hydrogen-bond acceptors (Lipinski definition) is 3. The molecule has 1 N–H and O–H groups in total. The molecule has 0 amide bonds. The number of rotatable bonds is 1. The second-order valence-electron chi connectivity index (χ2n) is 2.20. The molecule has 0 aromatic carbocycles. The first-order chi connectivity index (χ1) is 4.33. The van der Waals surface area contributed by atoms with Crippen LogP contribution in [0, 0.1) is 0 Å². The van der Waals surface area contributed by atoms with E-state index < -0.39 is 6.29 Å². The minimum atomic E-state index is -0.714. The minimum absolute atomic E-state index is 0.367. The molecule has 1 fully saturated rings. The molecule has 2 unspecified atom stereocenters. The standard InChI is InChI=1S/C6H10O3/c7-4-5-2-1-3-6(8)9-5/h4-6,8H,1-3H2. The summed E-state index contributed by atoms with van der Waals surface area (Å²) in [6, 6.07) is 0. The van der Waals surface area contributed by atoms with Crippen molar-refractivity contribution in [2.75, 3.05) is 0 Å². The van der Waals surface area contributed by atoms with E-state index in [0.717, 1.165) is 19.1 Å². The average molecular weight is 130 g/mol. The molecule has 0 aromatic rings. The van der Waals surface area contributed by atoms with Crippen LogP contribution < -0.4 is 0 Å². The van der Waals surface area contributed by atoms with Gasteiger partial charge in [0.25, 0.3) is 0 Å². The molecule has 0 spiro atoms. The second kappa shape index (κ2) is 2.94. The molecule has 0 aliphatic carbocycles. The minimum Gasteiger partial charge on any atom is -0.368 e. The molecular formula is C6H10O3. The van der Waals surface area contributed by atoms with Gasteiger partial charge < -0.3 is 14.6 Å². The Morgan fingerprint density at radius 3 is 2.78 bits per heavy atom. The van der Waals surface area contributed by atoms with Crippen molar-refractivity contribution in [1.82, 2.24) is 0 Å². The van der Waals surface area contributed by atoms with Crippen molar-refractivity contribution >= 4 is 6.29 Å². The van der Waals surface area contributed by atoms with Crippen molar-refractivity contribution < 1.29 is 14.6 Å². The van der Waals surface area contributed by atoms with Gasteiger partial charge in [-0.2, -0.15) is 0 Å². The van der Waals surface area contributed by atoms with E-state index in [4.69, 9.17) is 9.84 Å². The molecule has 1 heterocycles. The highest BCUT2D eigenvalue weighted by molar-refractivity contribution is 5.55. The van der Waals surface area contributed by atoms with Crippen LogP contribution in [0.5, 0.6) is 0 Å². The number of carbonyl (C=O) groups excluding carboxylic acids is 1. The van der Waals surface area contributed by atoms with Crippen molar-refractivity contribution in [2.24, 2.45) is 0 Å². The molecule has 3 heteroatoms. The Kier molecular flexibility index (Phi) is 2.19. The molecule has 0 bridgehead atoms. The number of carbonyl (C=O) groups is 1. The van der Waals surface area contributed by atoms with E-state index >= 15 is 0 Å². The summed E-state index contributed by atoms with van der Waals surface area (Å²) in [5.74, 6) is 0. The summed E-state index contributed by atoms with van der Waals surface area (Å²) in [6.45, 7) is 0. The fourth-order valence-corrected chi connectivity index (χ4v) is 0.932. The van der Waals surface area contributed by atoms with Gasteiger partial charge in [0, 0.05) is 0 Å². The Hall–Kier alpha value is -0.410. The topological polar surface area (TPSA) is 46.5 Å². The molecule has 52 valence electrons. The number of ether oxygens (including phenoxy) is 1. The molecule has 1 aliphatic heterocycles. The van der Waals surface area contributed by atoms with Gasteiger partial charge in [0.2, 0.25) is 0 Å². The maximum absolute atomic E-state index is 10.1. The largest absolute Gasteiger partial charge is 0.368 e. The second-order valence-corrected chi connectivity index (χ2v) is 2.20. The molecule has 3 nitrogen and oxygen atoms in total. The van der Waals surface area contributed by atoms with Crippen LogP contribution in [-0.2, 0) is 9.53 Å². The zero-order valence-corrected chi connectivity index (χ0v) is 5.12. The first-order valence-corrected chi connectivity index (χ1v) is 3.12. The lowest BCUT2D eigenvalue weighted by Gasteiger charge is -2.22. The highest BCUT2D eigenvalue weighted by atomic mass is 16.6. The van der Waals surface area contributed by atoms with Crippen molar-refractivity contribution in [3.8, 4) is 0 Å². The zero-order chi connectivity index (χ0) is 6.69. The van der Waals surface area contributed by atoms with Crippen molar-refractivity contribution in [3.63, 3.8) is 0 Å². The fraction of sp³-hybridized carbons (Fsp3) is 0.833. The summed E-state index contributed by atoms with van der Waals surface area (Å²) in [6.07, 6.45) is 1.94. The zero-order valence-electron chi connectivity index (χ0n) is 5.12. The van der Waals surface area contributed by atoms with Crippen LogP contribution in [0.1, 0.15) is 19.3 Å². The third-order valence-electron chi connectivity index (χ3n) is 1.42. The Labute approximate surface area is 53.6 Å². The first kappa shape index (κ1) is 6.71. The maximum atomic E-state index is 10.1. The van der Waals surface area contributed by atoms with Crippen LogP contribution in [-0.4, -0.2) is 23.8 Å². The van der Waals surface area contributed by atoms with Gasteiger partial charge >= 0.3 is 0 Å². The molecule has 0 radical (unpaired) electrons. The summed E-state index contributed by atoms with van der Waals surface area (Å²) in [4.78, 5) is 10.1. The number of hydrogen-bond donors (Lipinski definition) is 1. The normalized spacial score (nSPS) is 36.1. The number of aliphatic hydroxyl groups excluding tert-OH is 1. The van der Waals surface area contributed by atoms with Gasteiger partial charge in [0.05, 0.1) is 0 Å². The first-order valence-electron chi connectivity index (χ1n) is 3.12. The molecule has 1 rings (SSSR count). The molecular weight excluding hydrogens is 120 g/mol. The van der Waals surface area contributed by atoms with E-state index in [1.165, 1.54) is 0 Å². The van der Waals surface area contributed by atoms with Gasteiger partial charge in [-0.25, -0.2) is 0 Å². The van der Waals surface area contributed by atoms with E-state index in [2.05, 4.69) is 0 Å². The lowest BCUT2D eigenvalue weighted by Crippen LogP contribution is -2.27. The predicted octanol–water partition coefficient (Wildman–Crippen LogP) is 0.0728. The fourth-order valence-electron chi connectivity index (χ4n) is 0.932. The molecule has 2 atom stereocenters. The predicted molar refractivity (Wildman–Crippen MR) is 30.8 cm³/mol. The summed E-state index contributed by atoms with van der Waals surface area (Å²) < 4.78 is 4.82. The monoisotopic (exact) mass is 130 g/mol. The highest BCUT2D eigenvalue weighted by Crippen LogP contribution is 2.14. The highest BCUT2D eigenvalue weighted by Gasteiger charge is 2.18. The lowest BCUT2D eigenvalue weighted by atomic mass is 10.1. The summed E-state index contributed by atoms with van der Waals surface area (Å²) in [5, 5.41) is 8.83. The van der Waals surface area contributed by atoms with Crippen molar-refractivity contribution in [2.45, 2.75) is 31.7 Å². The quantitative estimate of drug-likeness (QED) is 0.511. The number of aldehydes is 1. The Bertz CT molecular complexity index is 102. The molecule has 0 saturated carbocycles. The summed E-state index contributed by atoms with van der Waals surface area (Å²) in [5.41, 5.74) is 0. The number of aliphatic hydroxyl groups is 1. The van der Waals surface area contributed by atoms with Crippen LogP contribution in [0.3, 0.4) is 0 Å². The lowest BCUT2D eigenvalue weighted by molar-refractivity contribution is -0.166. The SMILES string of the molecule is O=CC1CCCC(O)O1. The molecule has 9 heavy (non-hydrogen) atoms. The van der Waals surface area contributed by atoms with E-state index in [1.54, 1.807) is 0 Å². The molecule has 1 aliphatic rings. The smallest absolute Gasteiger partial charge is 0.155 e. The van der Waals surface area contributed by atoms with Crippen molar-refractivity contribution in [1.29, 1.82) is 0 Å². The van der Waals surface area contributed by atoms with Gasteiger partial charge in [-0.15, -0.1) is 0 Å². The Balaban J connectivity index is 2.31. The van der Waals surface area contributed by atoms with E-state index in [9.17, 15) is 4.79 Å². The summed E-state index contributed by atoms with van der Waals surface area (Å²) >= 11 is 0. The van der Waals surface area contributed by atoms with Crippen LogP contribution in [0.4, 0.5) is 0 Å².